The first-order chi connectivity index (χ1) is 7.86. The summed E-state index contributed by atoms with van der Waals surface area (Å²) in [5, 5.41) is 2.68. The number of carbonyl (C=O) groups is 2. The Bertz CT molecular complexity index is 294. The number of piperidine rings is 1. The summed E-state index contributed by atoms with van der Waals surface area (Å²) in [4.78, 5) is 25.8. The normalized spacial score (nSPS) is 22.2. The van der Waals surface area contributed by atoms with Crippen molar-refractivity contribution in [3.05, 3.63) is 0 Å². The molecule has 0 saturated carbocycles. The third-order valence-electron chi connectivity index (χ3n) is 3.35. The summed E-state index contributed by atoms with van der Waals surface area (Å²) in [6.07, 6.45) is 3.00. The lowest BCUT2D eigenvalue weighted by atomic mass is 9.89. The van der Waals surface area contributed by atoms with Crippen molar-refractivity contribution in [2.45, 2.75) is 46.1 Å². The molecule has 4 heteroatoms. The van der Waals surface area contributed by atoms with Crippen molar-refractivity contribution >= 4 is 11.7 Å². The van der Waals surface area contributed by atoms with Crippen LogP contribution >= 0.6 is 0 Å². The fraction of sp³-hybridized carbons (Fsp3) is 0.846. The summed E-state index contributed by atoms with van der Waals surface area (Å²) in [7, 11) is 1.65. The van der Waals surface area contributed by atoms with E-state index in [1.54, 1.807) is 7.05 Å². The maximum Gasteiger partial charge on any atom is 0.237 e. The van der Waals surface area contributed by atoms with E-state index in [0.717, 1.165) is 25.8 Å². The predicted octanol–water partition coefficient (Wildman–Crippen LogP) is 1.20. The van der Waals surface area contributed by atoms with Gasteiger partial charge in [-0.05, 0) is 19.4 Å². The van der Waals surface area contributed by atoms with Gasteiger partial charge in [-0.2, -0.15) is 0 Å². The smallest absolute Gasteiger partial charge is 0.237 e. The topological polar surface area (TPSA) is 49.4 Å². The molecule has 98 valence electrons. The minimum Gasteiger partial charge on any atom is -0.358 e. The van der Waals surface area contributed by atoms with Gasteiger partial charge in [-0.25, -0.2) is 0 Å². The Morgan fingerprint density at radius 3 is 2.47 bits per heavy atom. The maximum absolute atomic E-state index is 12.0. The van der Waals surface area contributed by atoms with E-state index < -0.39 is 0 Å². The average molecular weight is 240 g/mol. The number of hydrogen-bond acceptors (Lipinski definition) is 3. The van der Waals surface area contributed by atoms with Crippen molar-refractivity contribution in [1.29, 1.82) is 0 Å². The fourth-order valence-electron chi connectivity index (χ4n) is 2.07. The van der Waals surface area contributed by atoms with E-state index in [9.17, 15) is 9.59 Å². The molecule has 1 N–H and O–H groups in total. The summed E-state index contributed by atoms with van der Waals surface area (Å²) >= 11 is 0. The second kappa shape index (κ2) is 5.63. The molecule has 1 fully saturated rings. The van der Waals surface area contributed by atoms with Crippen LogP contribution in [0.5, 0.6) is 0 Å². The zero-order chi connectivity index (χ0) is 13.1. The van der Waals surface area contributed by atoms with Gasteiger partial charge in [-0.3, -0.25) is 14.5 Å². The monoisotopic (exact) mass is 240 g/mol. The standard InChI is InChI=1S/C13H24N2O2/c1-13(2,3)11(16)9-15-8-6-5-7-10(15)12(17)14-4/h10H,5-9H2,1-4H3,(H,14,17). The molecule has 1 aliphatic rings. The lowest BCUT2D eigenvalue weighted by Crippen LogP contribution is -2.51. The highest BCUT2D eigenvalue weighted by Gasteiger charge is 2.32. The number of carbonyl (C=O) groups excluding carboxylic acids is 2. The molecule has 0 spiro atoms. The van der Waals surface area contributed by atoms with Crippen molar-refractivity contribution in [3.63, 3.8) is 0 Å². The molecule has 17 heavy (non-hydrogen) atoms. The van der Waals surface area contributed by atoms with Crippen molar-refractivity contribution in [2.75, 3.05) is 20.1 Å². The van der Waals surface area contributed by atoms with Crippen LogP contribution in [0.4, 0.5) is 0 Å². The zero-order valence-corrected chi connectivity index (χ0v) is 11.4. The molecule has 1 amide bonds. The summed E-state index contributed by atoms with van der Waals surface area (Å²) < 4.78 is 0. The van der Waals surface area contributed by atoms with Gasteiger partial charge >= 0.3 is 0 Å². The first kappa shape index (κ1) is 14.2. The van der Waals surface area contributed by atoms with Gasteiger partial charge in [0.2, 0.25) is 5.91 Å². The van der Waals surface area contributed by atoms with Crippen LogP contribution in [-0.2, 0) is 9.59 Å². The number of nitrogens with zero attached hydrogens (tertiary/aromatic N) is 1. The Morgan fingerprint density at radius 2 is 1.94 bits per heavy atom. The highest BCUT2D eigenvalue weighted by atomic mass is 16.2. The molecular weight excluding hydrogens is 216 g/mol. The minimum absolute atomic E-state index is 0.0337. The third-order valence-corrected chi connectivity index (χ3v) is 3.35. The van der Waals surface area contributed by atoms with E-state index in [0.29, 0.717) is 6.54 Å². The van der Waals surface area contributed by atoms with Gasteiger partial charge < -0.3 is 5.32 Å². The Balaban J connectivity index is 2.66. The number of likely N-dealkylation sites (tertiary alicyclic amines) is 1. The molecule has 1 rings (SSSR count). The second-order valence-corrected chi connectivity index (χ2v) is 5.77. The molecule has 0 aromatic carbocycles. The molecule has 4 nitrogen and oxygen atoms in total. The molecule has 0 aromatic rings. The van der Waals surface area contributed by atoms with Crippen LogP contribution < -0.4 is 5.32 Å². The van der Waals surface area contributed by atoms with Crippen LogP contribution in [0.15, 0.2) is 0 Å². The van der Waals surface area contributed by atoms with Gasteiger partial charge in [-0.15, -0.1) is 0 Å². The summed E-state index contributed by atoms with van der Waals surface area (Å²) in [5.74, 6) is 0.236. The van der Waals surface area contributed by atoms with Gasteiger partial charge in [-0.1, -0.05) is 27.2 Å². The second-order valence-electron chi connectivity index (χ2n) is 5.77. The highest BCUT2D eigenvalue weighted by Crippen LogP contribution is 2.21. The largest absolute Gasteiger partial charge is 0.358 e. The number of nitrogens with one attached hydrogen (secondary N) is 1. The number of hydrogen-bond donors (Lipinski definition) is 1. The first-order valence-electron chi connectivity index (χ1n) is 6.35. The summed E-state index contributed by atoms with van der Waals surface area (Å²) in [6, 6.07) is -0.125. The van der Waals surface area contributed by atoms with Crippen LogP contribution in [0.2, 0.25) is 0 Å². The molecular formula is C13H24N2O2. The Hall–Kier alpha value is -0.900. The molecule has 1 atom stereocenters. The lowest BCUT2D eigenvalue weighted by molar-refractivity contribution is -0.132. The number of ketones is 1. The summed E-state index contributed by atoms with van der Waals surface area (Å²) in [6.45, 7) is 7.01. The number of likely N-dealkylation sites (N-methyl/N-ethyl adjacent to an activating group) is 1. The molecule has 0 aromatic heterocycles. The van der Waals surface area contributed by atoms with Crippen LogP contribution in [0.1, 0.15) is 40.0 Å². The Labute approximate surface area is 104 Å². The van der Waals surface area contributed by atoms with E-state index in [1.807, 2.05) is 25.7 Å². The minimum atomic E-state index is -0.329. The number of amides is 1. The molecule has 1 heterocycles. The molecule has 1 saturated heterocycles. The number of Topliss-reactive ketones (excluding diaryl/α,β-unsaturated/α-hetero) is 1. The lowest BCUT2D eigenvalue weighted by Gasteiger charge is -2.35. The van der Waals surface area contributed by atoms with E-state index in [-0.39, 0.29) is 23.1 Å². The van der Waals surface area contributed by atoms with Gasteiger partial charge in [0.1, 0.15) is 0 Å². The Kier molecular flexibility index (Phi) is 4.69. The average Bonchev–Trinajstić information content (AvgIpc) is 2.27. The maximum atomic E-state index is 12.0. The fourth-order valence-corrected chi connectivity index (χ4v) is 2.07. The van der Waals surface area contributed by atoms with Crippen LogP contribution in [0.3, 0.4) is 0 Å². The van der Waals surface area contributed by atoms with Crippen LogP contribution in [-0.4, -0.2) is 42.8 Å². The van der Waals surface area contributed by atoms with Crippen LogP contribution in [0.25, 0.3) is 0 Å². The van der Waals surface area contributed by atoms with Crippen LogP contribution in [0, 0.1) is 5.41 Å². The van der Waals surface area contributed by atoms with E-state index in [1.165, 1.54) is 0 Å². The summed E-state index contributed by atoms with van der Waals surface area (Å²) in [5.41, 5.74) is -0.329. The Morgan fingerprint density at radius 1 is 1.29 bits per heavy atom. The molecule has 0 radical (unpaired) electrons. The van der Waals surface area contributed by atoms with Gasteiger partial charge in [0.25, 0.3) is 0 Å². The van der Waals surface area contributed by atoms with E-state index in [4.69, 9.17) is 0 Å². The zero-order valence-electron chi connectivity index (χ0n) is 11.4. The quantitative estimate of drug-likeness (QED) is 0.806. The number of rotatable bonds is 3. The van der Waals surface area contributed by atoms with Gasteiger partial charge in [0.15, 0.2) is 5.78 Å². The molecule has 1 aliphatic heterocycles. The van der Waals surface area contributed by atoms with Gasteiger partial charge in [0.05, 0.1) is 12.6 Å². The highest BCUT2D eigenvalue weighted by molar-refractivity contribution is 5.87. The van der Waals surface area contributed by atoms with E-state index >= 15 is 0 Å². The third kappa shape index (κ3) is 3.80. The molecule has 0 bridgehead atoms. The SMILES string of the molecule is CNC(=O)C1CCCCN1CC(=O)C(C)(C)C. The molecule has 0 aliphatic carbocycles. The van der Waals surface area contributed by atoms with Gasteiger partial charge in [0, 0.05) is 12.5 Å². The van der Waals surface area contributed by atoms with Crippen molar-refractivity contribution in [1.82, 2.24) is 10.2 Å². The van der Waals surface area contributed by atoms with Crippen molar-refractivity contribution in [2.24, 2.45) is 5.41 Å². The van der Waals surface area contributed by atoms with Crippen molar-refractivity contribution < 1.29 is 9.59 Å². The predicted molar refractivity (Wildman–Crippen MR) is 67.7 cm³/mol. The van der Waals surface area contributed by atoms with E-state index in [2.05, 4.69) is 5.32 Å². The first-order valence-corrected chi connectivity index (χ1v) is 6.35. The molecule has 1 unspecified atom stereocenters. The van der Waals surface area contributed by atoms with Crippen molar-refractivity contribution in [3.8, 4) is 0 Å².